The number of nitrogens with zero attached hydrogens (tertiary/aromatic N) is 1. The van der Waals surface area contributed by atoms with Crippen LogP contribution in [0, 0.1) is 5.82 Å². The fraction of sp³-hybridized carbons (Fsp3) is 0.444. The van der Waals surface area contributed by atoms with Crippen molar-refractivity contribution in [3.8, 4) is 0 Å². The number of benzene rings is 1. The van der Waals surface area contributed by atoms with Crippen molar-refractivity contribution in [3.63, 3.8) is 0 Å². The van der Waals surface area contributed by atoms with E-state index >= 15 is 0 Å². The molecule has 1 aromatic carbocycles. The van der Waals surface area contributed by atoms with Crippen LogP contribution in [0.2, 0.25) is 5.02 Å². The summed E-state index contributed by atoms with van der Waals surface area (Å²) in [4.78, 5) is 48.8. The summed E-state index contributed by atoms with van der Waals surface area (Å²) in [6.45, 7) is 4.64. The maximum Gasteiger partial charge on any atom is 0.325 e. The summed E-state index contributed by atoms with van der Waals surface area (Å²) in [5.74, 6) is -2.23. The van der Waals surface area contributed by atoms with Gasteiger partial charge in [0.15, 0.2) is 6.10 Å². The number of anilines is 1. The fourth-order valence-corrected chi connectivity index (χ4v) is 2.71. The van der Waals surface area contributed by atoms with E-state index in [2.05, 4.69) is 10.6 Å². The summed E-state index contributed by atoms with van der Waals surface area (Å²) >= 11 is 5.64. The van der Waals surface area contributed by atoms with E-state index in [9.17, 15) is 23.6 Å². The lowest BCUT2D eigenvalue weighted by Crippen LogP contribution is -2.40. The molecule has 0 aliphatic carbocycles. The topological polar surface area (TPSA) is 105 Å². The Kier molecular flexibility index (Phi) is 6.60. The lowest BCUT2D eigenvalue weighted by Gasteiger charge is -2.16. The first-order valence-electron chi connectivity index (χ1n) is 8.61. The molecule has 1 aromatic rings. The molecule has 0 bridgehead atoms. The number of urea groups is 1. The van der Waals surface area contributed by atoms with Gasteiger partial charge >= 0.3 is 12.0 Å². The zero-order valence-corrected chi connectivity index (χ0v) is 16.4. The number of carbonyl (C=O) groups excluding carboxylic acids is 4. The average molecular weight is 414 g/mol. The van der Waals surface area contributed by atoms with Crippen molar-refractivity contribution >= 4 is 41.1 Å². The van der Waals surface area contributed by atoms with Gasteiger partial charge in [0.1, 0.15) is 11.4 Å². The van der Waals surface area contributed by atoms with E-state index < -0.39 is 35.4 Å². The molecule has 1 atom stereocenters. The highest BCUT2D eigenvalue weighted by molar-refractivity contribution is 6.31. The quantitative estimate of drug-likeness (QED) is 0.527. The van der Waals surface area contributed by atoms with Crippen LogP contribution < -0.4 is 10.6 Å². The molecule has 1 fully saturated rings. The first-order chi connectivity index (χ1) is 13.0. The number of carbonyl (C=O) groups is 4. The monoisotopic (exact) mass is 413 g/mol. The number of nitrogens with one attached hydrogen (secondary N) is 2. The number of rotatable bonds is 7. The lowest BCUT2D eigenvalue weighted by atomic mass is 10.1. The Hall–Kier alpha value is -2.68. The Bertz CT molecular complexity index is 814. The predicted octanol–water partition coefficient (Wildman–Crippen LogP) is 2.46. The molecule has 0 aromatic heterocycles. The molecule has 0 spiro atoms. The van der Waals surface area contributed by atoms with Crippen molar-refractivity contribution in [2.24, 2.45) is 0 Å². The van der Waals surface area contributed by atoms with E-state index in [0.717, 1.165) is 11.0 Å². The summed E-state index contributed by atoms with van der Waals surface area (Å²) in [5.41, 5.74) is -0.701. The third-order valence-electron chi connectivity index (χ3n) is 4.07. The van der Waals surface area contributed by atoms with Crippen molar-refractivity contribution in [2.45, 2.75) is 45.3 Å². The third kappa shape index (κ3) is 5.19. The van der Waals surface area contributed by atoms with E-state index in [4.69, 9.17) is 16.3 Å². The molecule has 1 aliphatic heterocycles. The highest BCUT2D eigenvalue weighted by Crippen LogP contribution is 2.20. The van der Waals surface area contributed by atoms with Crippen LogP contribution in [0.15, 0.2) is 18.2 Å². The summed E-state index contributed by atoms with van der Waals surface area (Å²) in [6.07, 6.45) is -0.958. The lowest BCUT2D eigenvalue weighted by molar-refractivity contribution is -0.153. The highest BCUT2D eigenvalue weighted by atomic mass is 35.5. The van der Waals surface area contributed by atoms with Gasteiger partial charge in [-0.3, -0.25) is 19.3 Å². The van der Waals surface area contributed by atoms with Crippen LogP contribution in [0.3, 0.4) is 0 Å². The Balaban J connectivity index is 1.77. The van der Waals surface area contributed by atoms with Crippen LogP contribution in [0.1, 0.15) is 33.6 Å². The predicted molar refractivity (Wildman–Crippen MR) is 99.2 cm³/mol. The average Bonchev–Trinajstić information content (AvgIpc) is 2.79. The standard InChI is InChI=1S/C18H21ClFN3O5/c1-10(15(25)21-11-6-7-13(20)12(19)9-11)28-14(24)5-4-8-23-16(26)18(2,3)22-17(23)27/h6-7,9-10H,4-5,8H2,1-3H3,(H,21,25)(H,22,27)/t10-/m0/s1. The first kappa shape index (κ1) is 21.6. The van der Waals surface area contributed by atoms with Gasteiger partial charge in [-0.05, 0) is 45.4 Å². The molecule has 0 saturated carbocycles. The van der Waals surface area contributed by atoms with Gasteiger partial charge in [-0.15, -0.1) is 0 Å². The molecule has 28 heavy (non-hydrogen) atoms. The van der Waals surface area contributed by atoms with E-state index in [-0.39, 0.29) is 36.0 Å². The molecule has 10 heteroatoms. The number of hydrogen-bond acceptors (Lipinski definition) is 5. The molecular formula is C18H21ClFN3O5. The molecule has 2 N–H and O–H groups in total. The summed E-state index contributed by atoms with van der Waals surface area (Å²) in [5, 5.41) is 4.86. The van der Waals surface area contributed by atoms with Crippen LogP contribution in [-0.4, -0.2) is 46.9 Å². The van der Waals surface area contributed by atoms with Gasteiger partial charge in [0.25, 0.3) is 11.8 Å². The number of imide groups is 1. The van der Waals surface area contributed by atoms with E-state index in [1.54, 1.807) is 13.8 Å². The van der Waals surface area contributed by atoms with Crippen LogP contribution in [-0.2, 0) is 19.1 Å². The molecule has 0 unspecified atom stereocenters. The van der Waals surface area contributed by atoms with E-state index in [1.807, 2.05) is 0 Å². The van der Waals surface area contributed by atoms with E-state index in [1.165, 1.54) is 19.1 Å². The zero-order valence-electron chi connectivity index (χ0n) is 15.7. The minimum atomic E-state index is -1.09. The molecule has 152 valence electrons. The maximum absolute atomic E-state index is 13.1. The largest absolute Gasteiger partial charge is 0.453 e. The smallest absolute Gasteiger partial charge is 0.325 e. The number of halogens is 2. The highest BCUT2D eigenvalue weighted by Gasteiger charge is 2.43. The van der Waals surface area contributed by atoms with Crippen molar-refractivity contribution < 1.29 is 28.3 Å². The molecule has 4 amide bonds. The van der Waals surface area contributed by atoms with Crippen LogP contribution >= 0.6 is 11.6 Å². The Morgan fingerprint density at radius 2 is 2.04 bits per heavy atom. The molecular weight excluding hydrogens is 393 g/mol. The minimum absolute atomic E-state index is 0.0673. The summed E-state index contributed by atoms with van der Waals surface area (Å²) in [7, 11) is 0. The zero-order chi connectivity index (χ0) is 21.1. The SMILES string of the molecule is C[C@H](OC(=O)CCCN1C(=O)NC(C)(C)C1=O)C(=O)Nc1ccc(F)c(Cl)c1. The normalized spacial score (nSPS) is 16.5. The molecule has 1 heterocycles. The second-order valence-electron chi connectivity index (χ2n) is 6.87. The van der Waals surface area contributed by atoms with E-state index in [0.29, 0.717) is 0 Å². The molecule has 1 aliphatic rings. The van der Waals surface area contributed by atoms with Gasteiger partial charge in [-0.1, -0.05) is 11.6 Å². The third-order valence-corrected chi connectivity index (χ3v) is 4.36. The summed E-state index contributed by atoms with van der Waals surface area (Å²) in [6, 6.07) is 3.16. The Morgan fingerprint density at radius 3 is 2.61 bits per heavy atom. The van der Waals surface area contributed by atoms with Crippen LogP contribution in [0.5, 0.6) is 0 Å². The molecule has 0 radical (unpaired) electrons. The second-order valence-corrected chi connectivity index (χ2v) is 7.27. The van der Waals surface area contributed by atoms with Gasteiger partial charge in [-0.25, -0.2) is 9.18 Å². The molecule has 8 nitrogen and oxygen atoms in total. The van der Waals surface area contributed by atoms with Crippen LogP contribution in [0.25, 0.3) is 0 Å². The molecule has 2 rings (SSSR count). The van der Waals surface area contributed by atoms with Crippen molar-refractivity contribution in [1.29, 1.82) is 0 Å². The number of ether oxygens (including phenoxy) is 1. The number of hydrogen-bond donors (Lipinski definition) is 2. The Labute approximate surface area is 166 Å². The van der Waals surface area contributed by atoms with Gasteiger partial charge in [0.2, 0.25) is 0 Å². The summed E-state index contributed by atoms with van der Waals surface area (Å²) < 4.78 is 18.2. The van der Waals surface area contributed by atoms with Gasteiger partial charge in [-0.2, -0.15) is 0 Å². The van der Waals surface area contributed by atoms with Crippen molar-refractivity contribution in [3.05, 3.63) is 29.0 Å². The fourth-order valence-electron chi connectivity index (χ4n) is 2.53. The van der Waals surface area contributed by atoms with Crippen LogP contribution in [0.4, 0.5) is 14.9 Å². The second kappa shape index (κ2) is 8.55. The number of esters is 1. The van der Waals surface area contributed by atoms with Gasteiger partial charge < -0.3 is 15.4 Å². The molecule has 1 saturated heterocycles. The maximum atomic E-state index is 13.1. The van der Waals surface area contributed by atoms with Crippen molar-refractivity contribution in [1.82, 2.24) is 10.2 Å². The van der Waals surface area contributed by atoms with Gasteiger partial charge in [0, 0.05) is 18.7 Å². The first-order valence-corrected chi connectivity index (χ1v) is 8.98. The van der Waals surface area contributed by atoms with Gasteiger partial charge in [0.05, 0.1) is 5.02 Å². The van der Waals surface area contributed by atoms with Crippen molar-refractivity contribution in [2.75, 3.05) is 11.9 Å². The Morgan fingerprint density at radius 1 is 1.36 bits per heavy atom. The number of amides is 4. The minimum Gasteiger partial charge on any atom is -0.453 e.